The number of hydroxylamine groups is 1. The van der Waals surface area contributed by atoms with Gasteiger partial charge in [0, 0.05) is 30.3 Å². The second-order valence-electron chi connectivity index (χ2n) is 6.07. The van der Waals surface area contributed by atoms with Crippen LogP contribution in [0.4, 0.5) is 9.18 Å². The number of nitrogens with one attached hydrogen (secondary N) is 2. The van der Waals surface area contributed by atoms with Crippen molar-refractivity contribution in [2.75, 3.05) is 7.05 Å². The van der Waals surface area contributed by atoms with Crippen LogP contribution >= 0.6 is 0 Å². The summed E-state index contributed by atoms with van der Waals surface area (Å²) in [6.07, 6.45) is 1.12. The van der Waals surface area contributed by atoms with Crippen LogP contribution in [0.5, 0.6) is 0 Å². The van der Waals surface area contributed by atoms with Crippen molar-refractivity contribution < 1.29 is 18.8 Å². The van der Waals surface area contributed by atoms with Crippen LogP contribution in [0.3, 0.4) is 0 Å². The van der Waals surface area contributed by atoms with Crippen LogP contribution in [-0.4, -0.2) is 18.7 Å². The van der Waals surface area contributed by atoms with Crippen LogP contribution in [0.1, 0.15) is 38.8 Å². The highest BCUT2D eigenvalue weighted by molar-refractivity contribution is 5.77. The molecule has 0 aliphatic heterocycles. The zero-order chi connectivity index (χ0) is 18.3. The van der Waals surface area contributed by atoms with E-state index >= 15 is 0 Å². The largest absolute Gasteiger partial charge is 0.444 e. The number of amides is 1. The summed E-state index contributed by atoms with van der Waals surface area (Å²) in [4.78, 5) is 16.8. The molecule has 1 amide bonds. The molecule has 0 radical (unpaired) electrons. The molecule has 0 aromatic heterocycles. The van der Waals surface area contributed by atoms with Gasteiger partial charge in [-0.25, -0.2) is 9.18 Å². The van der Waals surface area contributed by atoms with Gasteiger partial charge in [-0.3, -0.25) is 0 Å². The molecule has 0 aliphatic rings. The zero-order valence-electron chi connectivity index (χ0n) is 14.8. The molecule has 0 bridgehead atoms. The predicted molar refractivity (Wildman–Crippen MR) is 92.4 cm³/mol. The second kappa shape index (κ2) is 8.49. The van der Waals surface area contributed by atoms with Crippen LogP contribution < -0.4 is 10.8 Å². The predicted octanol–water partition coefficient (Wildman–Crippen LogP) is 3.92. The van der Waals surface area contributed by atoms with E-state index in [0.29, 0.717) is 22.5 Å². The fraction of sp³-hybridized carbons (Fsp3) is 0.389. The maximum absolute atomic E-state index is 14.7. The fourth-order valence-corrected chi connectivity index (χ4v) is 2.05. The minimum absolute atomic E-state index is 0.0188. The number of rotatable bonds is 6. The quantitative estimate of drug-likeness (QED) is 0.470. The molecule has 6 heteroatoms. The summed E-state index contributed by atoms with van der Waals surface area (Å²) in [6.45, 7) is 10.8. The van der Waals surface area contributed by atoms with E-state index in [-0.39, 0.29) is 6.54 Å². The van der Waals surface area contributed by atoms with Crippen LogP contribution in [-0.2, 0) is 16.1 Å². The summed E-state index contributed by atoms with van der Waals surface area (Å²) in [5, 5.41) is 2.55. The van der Waals surface area contributed by atoms with Gasteiger partial charge in [0.2, 0.25) is 0 Å². The Morgan fingerprint density at radius 1 is 1.38 bits per heavy atom. The maximum atomic E-state index is 14.7. The van der Waals surface area contributed by atoms with Crippen LogP contribution in [0, 0.1) is 5.82 Å². The number of carbonyl (C=O) groups is 1. The monoisotopic (exact) mass is 336 g/mol. The molecule has 0 heterocycles. The van der Waals surface area contributed by atoms with E-state index in [1.807, 2.05) is 0 Å². The lowest BCUT2D eigenvalue weighted by atomic mass is 10.0. The third-order valence-electron chi connectivity index (χ3n) is 3.01. The number of hydrogen-bond donors (Lipinski definition) is 2. The van der Waals surface area contributed by atoms with Gasteiger partial charge in [0.15, 0.2) is 0 Å². The summed E-state index contributed by atoms with van der Waals surface area (Å²) in [6, 6.07) is 4.94. The Hall–Kier alpha value is -2.34. The average molecular weight is 336 g/mol. The molecule has 0 saturated heterocycles. The second-order valence-corrected chi connectivity index (χ2v) is 6.07. The van der Waals surface area contributed by atoms with Gasteiger partial charge in [0.1, 0.15) is 17.2 Å². The molecule has 0 unspecified atom stereocenters. The number of carbonyl (C=O) groups excluding carboxylic acids is 1. The minimum Gasteiger partial charge on any atom is -0.444 e. The molecule has 0 atom stereocenters. The number of halogens is 1. The maximum Gasteiger partial charge on any atom is 0.407 e. The highest BCUT2D eigenvalue weighted by Gasteiger charge is 2.18. The van der Waals surface area contributed by atoms with Crippen molar-refractivity contribution in [1.29, 1.82) is 0 Å². The summed E-state index contributed by atoms with van der Waals surface area (Å²) in [7, 11) is 1.59. The van der Waals surface area contributed by atoms with Crippen LogP contribution in [0.2, 0.25) is 0 Å². The van der Waals surface area contributed by atoms with Gasteiger partial charge >= 0.3 is 6.09 Å². The first-order valence-electron chi connectivity index (χ1n) is 7.63. The Kier molecular flexibility index (Phi) is 6.97. The lowest BCUT2D eigenvalue weighted by Crippen LogP contribution is -2.32. The molecule has 0 aliphatic carbocycles. The normalized spacial score (nSPS) is 11.8. The smallest absolute Gasteiger partial charge is 0.407 e. The molecular weight excluding hydrogens is 311 g/mol. The SMILES string of the molecule is C=C(ONC)/C(=C\C)c1cccc(CNC(=O)OC(C)(C)C)c1F. The third kappa shape index (κ3) is 5.70. The summed E-state index contributed by atoms with van der Waals surface area (Å²) in [5.74, 6) is -0.140. The van der Waals surface area contributed by atoms with Gasteiger partial charge < -0.3 is 14.9 Å². The van der Waals surface area contributed by atoms with Crippen molar-refractivity contribution in [3.05, 3.63) is 53.6 Å². The van der Waals surface area contributed by atoms with E-state index in [2.05, 4.69) is 17.4 Å². The number of allylic oxidation sites excluding steroid dienone is 2. The van der Waals surface area contributed by atoms with Crippen molar-refractivity contribution in [1.82, 2.24) is 10.8 Å². The van der Waals surface area contributed by atoms with Crippen molar-refractivity contribution in [2.24, 2.45) is 0 Å². The summed E-state index contributed by atoms with van der Waals surface area (Å²) >= 11 is 0. The van der Waals surface area contributed by atoms with E-state index in [9.17, 15) is 9.18 Å². The van der Waals surface area contributed by atoms with Gasteiger partial charge in [0.25, 0.3) is 0 Å². The Bertz CT molecular complexity index is 634. The Morgan fingerprint density at radius 3 is 2.58 bits per heavy atom. The molecule has 0 saturated carbocycles. The summed E-state index contributed by atoms with van der Waals surface area (Å²) < 4.78 is 19.9. The third-order valence-corrected chi connectivity index (χ3v) is 3.01. The van der Waals surface area contributed by atoms with E-state index in [1.54, 1.807) is 59.0 Å². The fourth-order valence-electron chi connectivity index (χ4n) is 2.05. The van der Waals surface area contributed by atoms with Gasteiger partial charge in [-0.05, 0) is 27.7 Å². The average Bonchev–Trinajstić information content (AvgIpc) is 2.47. The molecule has 24 heavy (non-hydrogen) atoms. The van der Waals surface area contributed by atoms with Gasteiger partial charge in [-0.2, -0.15) is 5.48 Å². The van der Waals surface area contributed by atoms with Crippen LogP contribution in [0.15, 0.2) is 36.6 Å². The van der Waals surface area contributed by atoms with E-state index in [0.717, 1.165) is 0 Å². The zero-order valence-corrected chi connectivity index (χ0v) is 14.8. The highest BCUT2D eigenvalue weighted by Crippen LogP contribution is 2.26. The Labute approximate surface area is 142 Å². The molecule has 2 N–H and O–H groups in total. The first kappa shape index (κ1) is 19.7. The lowest BCUT2D eigenvalue weighted by Gasteiger charge is -2.20. The van der Waals surface area contributed by atoms with E-state index < -0.39 is 17.5 Å². The van der Waals surface area contributed by atoms with Crippen molar-refractivity contribution in [2.45, 2.75) is 39.8 Å². The van der Waals surface area contributed by atoms with Crippen LogP contribution in [0.25, 0.3) is 5.57 Å². The number of benzene rings is 1. The number of ether oxygens (including phenoxy) is 1. The molecule has 1 aromatic rings. The first-order chi connectivity index (χ1) is 11.2. The molecule has 0 spiro atoms. The topological polar surface area (TPSA) is 59.6 Å². The van der Waals surface area contributed by atoms with E-state index in [4.69, 9.17) is 9.57 Å². The van der Waals surface area contributed by atoms with Crippen molar-refractivity contribution >= 4 is 11.7 Å². The number of hydrogen-bond acceptors (Lipinski definition) is 4. The molecule has 1 rings (SSSR count). The first-order valence-corrected chi connectivity index (χ1v) is 7.63. The molecule has 0 fully saturated rings. The van der Waals surface area contributed by atoms with Gasteiger partial charge in [0.05, 0.1) is 0 Å². The van der Waals surface area contributed by atoms with Crippen molar-refractivity contribution in [3.8, 4) is 0 Å². The lowest BCUT2D eigenvalue weighted by molar-refractivity contribution is 0.0523. The summed E-state index contributed by atoms with van der Waals surface area (Å²) in [5.41, 5.74) is 3.12. The molecule has 5 nitrogen and oxygen atoms in total. The Morgan fingerprint density at radius 2 is 2.04 bits per heavy atom. The molecule has 132 valence electrons. The highest BCUT2D eigenvalue weighted by atomic mass is 19.1. The van der Waals surface area contributed by atoms with Gasteiger partial charge in [-0.15, -0.1) is 0 Å². The molecular formula is C18H25FN2O3. The number of alkyl carbamates (subject to hydrolysis) is 1. The standard InChI is InChI=1S/C18H25FN2O3/c1-7-14(12(2)24-20-6)15-10-8-9-13(16(15)19)11-21-17(22)23-18(3,4)5/h7-10,20H,2,11H2,1,3-6H3,(H,21,22)/b14-7+. The van der Waals surface area contributed by atoms with E-state index in [1.165, 1.54) is 0 Å². The van der Waals surface area contributed by atoms with Crippen molar-refractivity contribution in [3.63, 3.8) is 0 Å². The molecule has 1 aromatic carbocycles. The van der Waals surface area contributed by atoms with Gasteiger partial charge in [-0.1, -0.05) is 30.9 Å². The Balaban J connectivity index is 2.93. The minimum atomic E-state index is -0.606.